The average Bonchev–Trinajstić information content (AvgIpc) is 3.18. The second-order valence-electron chi connectivity index (χ2n) is 8.77. The van der Waals surface area contributed by atoms with Crippen molar-refractivity contribution in [2.75, 3.05) is 19.8 Å². The molecule has 3 aromatic carbocycles. The number of benzene rings is 3. The van der Waals surface area contributed by atoms with Gasteiger partial charge in [0.25, 0.3) is 0 Å². The van der Waals surface area contributed by atoms with Gasteiger partial charge in [-0.25, -0.2) is 4.79 Å². The zero-order chi connectivity index (χ0) is 25.1. The van der Waals surface area contributed by atoms with Crippen LogP contribution >= 0.6 is 0 Å². The highest BCUT2D eigenvalue weighted by Gasteiger charge is 2.24. The fourth-order valence-corrected chi connectivity index (χ4v) is 4.39. The topological polar surface area (TPSA) is 76.0 Å². The zero-order valence-corrected chi connectivity index (χ0v) is 20.2. The van der Waals surface area contributed by atoms with E-state index in [4.69, 9.17) is 18.9 Å². The Hall–Kier alpha value is -4.26. The highest BCUT2D eigenvalue weighted by Crippen LogP contribution is 2.31. The number of ether oxygens (including phenoxy) is 4. The summed E-state index contributed by atoms with van der Waals surface area (Å²) in [5.74, 6) is 1.15. The lowest BCUT2D eigenvalue weighted by atomic mass is 10.1. The number of aromatic nitrogens is 1. The molecular formula is C29H27NO6. The van der Waals surface area contributed by atoms with E-state index < -0.39 is 5.97 Å². The molecule has 0 spiro atoms. The van der Waals surface area contributed by atoms with Crippen molar-refractivity contribution in [3.05, 3.63) is 89.7 Å². The van der Waals surface area contributed by atoms with Gasteiger partial charge in [0.2, 0.25) is 5.78 Å². The van der Waals surface area contributed by atoms with Crippen molar-refractivity contribution in [2.45, 2.75) is 26.5 Å². The van der Waals surface area contributed by atoms with E-state index in [1.165, 1.54) is 0 Å². The van der Waals surface area contributed by atoms with Crippen LogP contribution in [-0.2, 0) is 16.1 Å². The van der Waals surface area contributed by atoms with Gasteiger partial charge in [0.1, 0.15) is 12.4 Å². The molecule has 1 aliphatic rings. The molecule has 4 aromatic rings. The number of ketones is 1. The van der Waals surface area contributed by atoms with Gasteiger partial charge >= 0.3 is 5.97 Å². The van der Waals surface area contributed by atoms with Gasteiger partial charge in [-0.1, -0.05) is 42.5 Å². The first-order valence-corrected chi connectivity index (χ1v) is 11.8. The molecule has 1 aliphatic heterocycles. The third-order valence-corrected chi connectivity index (χ3v) is 6.27. The summed E-state index contributed by atoms with van der Waals surface area (Å²) in [6.45, 7) is 4.16. The van der Waals surface area contributed by atoms with Crippen LogP contribution in [0.4, 0.5) is 0 Å². The number of aryl methyl sites for hydroxylation is 1. The quantitative estimate of drug-likeness (QED) is 0.261. The van der Waals surface area contributed by atoms with Crippen molar-refractivity contribution in [3.63, 3.8) is 0 Å². The minimum Gasteiger partial charge on any atom is -0.486 e. The minimum atomic E-state index is -0.600. The summed E-state index contributed by atoms with van der Waals surface area (Å²) >= 11 is 0. The standard InChI is InChI=1S/C29H27NO6/c1-19-13-25(20(2)30(19)15-24-16-34-27-9-5-6-10-28(27)36-24)26(31)17-35-29(32)18-33-23-12-11-21-7-3-4-8-22(21)14-23/h3-14,24H,15-18H2,1-2H3. The van der Waals surface area contributed by atoms with E-state index in [1.807, 2.05) is 85.1 Å². The number of hydrogen-bond acceptors (Lipinski definition) is 6. The van der Waals surface area contributed by atoms with Gasteiger partial charge in [0.05, 0.1) is 6.54 Å². The van der Waals surface area contributed by atoms with Crippen molar-refractivity contribution < 1.29 is 28.5 Å². The molecule has 1 unspecified atom stereocenters. The van der Waals surface area contributed by atoms with Gasteiger partial charge in [0.15, 0.2) is 30.8 Å². The Morgan fingerprint density at radius 2 is 1.67 bits per heavy atom. The predicted octanol–water partition coefficient (Wildman–Crippen LogP) is 4.90. The first kappa shape index (κ1) is 23.5. The monoisotopic (exact) mass is 485 g/mol. The highest BCUT2D eigenvalue weighted by molar-refractivity contribution is 5.99. The average molecular weight is 486 g/mol. The number of Topliss-reactive ketones (excluding diaryl/α,β-unsaturated/α-hetero) is 1. The summed E-state index contributed by atoms with van der Waals surface area (Å²) in [5, 5.41) is 2.10. The third-order valence-electron chi connectivity index (χ3n) is 6.27. The van der Waals surface area contributed by atoms with E-state index in [2.05, 4.69) is 0 Å². The Balaban J connectivity index is 1.15. The van der Waals surface area contributed by atoms with Gasteiger partial charge in [-0.2, -0.15) is 0 Å². The molecular weight excluding hydrogens is 458 g/mol. The van der Waals surface area contributed by atoms with Crippen molar-refractivity contribution >= 4 is 22.5 Å². The smallest absolute Gasteiger partial charge is 0.344 e. The molecule has 1 atom stereocenters. The molecule has 0 radical (unpaired) electrons. The Morgan fingerprint density at radius 3 is 2.50 bits per heavy atom. The lowest BCUT2D eigenvalue weighted by Crippen LogP contribution is -2.33. The normalized spacial score (nSPS) is 14.4. The van der Waals surface area contributed by atoms with Crippen LogP contribution in [0.25, 0.3) is 10.8 Å². The SMILES string of the molecule is Cc1cc(C(=O)COC(=O)COc2ccc3ccccc3c2)c(C)n1CC1COc2ccccc2O1. The molecule has 0 saturated heterocycles. The molecule has 0 amide bonds. The van der Waals surface area contributed by atoms with Crippen LogP contribution in [0.1, 0.15) is 21.7 Å². The lowest BCUT2D eigenvalue weighted by molar-refractivity contribution is -0.144. The van der Waals surface area contributed by atoms with Gasteiger partial charge in [0, 0.05) is 17.0 Å². The zero-order valence-electron chi connectivity index (χ0n) is 20.2. The minimum absolute atomic E-state index is 0.183. The molecule has 0 bridgehead atoms. The number of carbonyl (C=O) groups excluding carboxylic acids is 2. The van der Waals surface area contributed by atoms with Crippen LogP contribution < -0.4 is 14.2 Å². The fourth-order valence-electron chi connectivity index (χ4n) is 4.39. The Bertz CT molecular complexity index is 1420. The van der Waals surface area contributed by atoms with Crippen LogP contribution in [0, 0.1) is 13.8 Å². The van der Waals surface area contributed by atoms with Gasteiger partial charge < -0.3 is 23.5 Å². The molecule has 0 saturated carbocycles. The van der Waals surface area contributed by atoms with Gasteiger partial charge in [-0.05, 0) is 55.0 Å². The van der Waals surface area contributed by atoms with Gasteiger partial charge in [-0.3, -0.25) is 4.79 Å². The van der Waals surface area contributed by atoms with Crippen molar-refractivity contribution in [3.8, 4) is 17.2 Å². The number of hydrogen-bond donors (Lipinski definition) is 0. The van der Waals surface area contributed by atoms with E-state index in [-0.39, 0.29) is 25.1 Å². The largest absolute Gasteiger partial charge is 0.486 e. The first-order chi connectivity index (χ1) is 17.5. The number of fused-ring (bicyclic) bond motifs is 2. The van der Waals surface area contributed by atoms with Crippen LogP contribution in [0.3, 0.4) is 0 Å². The fraction of sp³-hybridized carbons (Fsp3) is 0.241. The number of carbonyl (C=O) groups is 2. The van der Waals surface area contributed by atoms with E-state index >= 15 is 0 Å². The van der Waals surface area contributed by atoms with E-state index in [0.29, 0.717) is 30.2 Å². The molecule has 36 heavy (non-hydrogen) atoms. The molecule has 0 N–H and O–H groups in total. The highest BCUT2D eigenvalue weighted by atomic mass is 16.6. The maximum atomic E-state index is 12.8. The molecule has 5 rings (SSSR count). The number of para-hydroxylation sites is 2. The summed E-state index contributed by atoms with van der Waals surface area (Å²) < 4.78 is 24.7. The van der Waals surface area contributed by atoms with Crippen LogP contribution in [-0.4, -0.2) is 42.2 Å². The second-order valence-corrected chi connectivity index (χ2v) is 8.77. The molecule has 0 aliphatic carbocycles. The molecule has 0 fully saturated rings. The van der Waals surface area contributed by atoms with E-state index in [9.17, 15) is 9.59 Å². The molecule has 184 valence electrons. The first-order valence-electron chi connectivity index (χ1n) is 11.8. The second kappa shape index (κ2) is 10.2. The summed E-state index contributed by atoms with van der Waals surface area (Å²) in [5.41, 5.74) is 2.24. The van der Waals surface area contributed by atoms with Crippen molar-refractivity contribution in [1.82, 2.24) is 4.57 Å². The summed E-state index contributed by atoms with van der Waals surface area (Å²) in [6.07, 6.45) is -0.183. The van der Waals surface area contributed by atoms with Crippen LogP contribution in [0.2, 0.25) is 0 Å². The van der Waals surface area contributed by atoms with E-state index in [0.717, 1.165) is 27.9 Å². The summed E-state index contributed by atoms with van der Waals surface area (Å²) in [4.78, 5) is 25.0. The van der Waals surface area contributed by atoms with E-state index in [1.54, 1.807) is 6.07 Å². The summed E-state index contributed by atoms with van der Waals surface area (Å²) in [7, 11) is 0. The Kier molecular flexibility index (Phi) is 6.62. The van der Waals surface area contributed by atoms with Crippen LogP contribution in [0.5, 0.6) is 17.2 Å². The maximum Gasteiger partial charge on any atom is 0.344 e. The predicted molar refractivity (Wildman–Crippen MR) is 135 cm³/mol. The number of nitrogens with zero attached hydrogens (tertiary/aromatic N) is 1. The number of esters is 1. The maximum absolute atomic E-state index is 12.8. The van der Waals surface area contributed by atoms with Gasteiger partial charge in [-0.15, -0.1) is 0 Å². The third kappa shape index (κ3) is 5.05. The number of rotatable bonds is 8. The molecule has 7 heteroatoms. The summed E-state index contributed by atoms with van der Waals surface area (Å²) in [6, 6.07) is 22.9. The van der Waals surface area contributed by atoms with Crippen molar-refractivity contribution in [1.29, 1.82) is 0 Å². The molecule has 7 nitrogen and oxygen atoms in total. The molecule has 2 heterocycles. The van der Waals surface area contributed by atoms with Crippen LogP contribution in [0.15, 0.2) is 72.8 Å². The Labute approximate surface area is 209 Å². The molecule has 1 aromatic heterocycles. The lowest BCUT2D eigenvalue weighted by Gasteiger charge is -2.27. The Morgan fingerprint density at radius 1 is 0.917 bits per heavy atom. The van der Waals surface area contributed by atoms with Crippen molar-refractivity contribution in [2.24, 2.45) is 0 Å².